The molecule has 3 heteroatoms. The number of ketones is 1. The summed E-state index contributed by atoms with van der Waals surface area (Å²) < 4.78 is 26.0. The molecule has 18 heavy (non-hydrogen) atoms. The van der Waals surface area contributed by atoms with E-state index in [-0.39, 0.29) is 17.5 Å². The first-order valence-corrected chi connectivity index (χ1v) is 5.73. The van der Waals surface area contributed by atoms with Gasteiger partial charge < -0.3 is 0 Å². The van der Waals surface area contributed by atoms with E-state index in [1.165, 1.54) is 24.3 Å². The van der Waals surface area contributed by atoms with Gasteiger partial charge in [-0.05, 0) is 35.4 Å². The highest BCUT2D eigenvalue weighted by molar-refractivity contribution is 6.01. The molecule has 0 fully saturated rings. The van der Waals surface area contributed by atoms with Gasteiger partial charge in [0.1, 0.15) is 11.6 Å². The van der Waals surface area contributed by atoms with E-state index in [0.717, 1.165) is 11.1 Å². The van der Waals surface area contributed by atoms with E-state index in [9.17, 15) is 13.6 Å². The summed E-state index contributed by atoms with van der Waals surface area (Å²) in [5.74, 6) is -0.850. The van der Waals surface area contributed by atoms with Crippen LogP contribution in [0.2, 0.25) is 0 Å². The van der Waals surface area contributed by atoms with E-state index < -0.39 is 5.82 Å². The maximum absolute atomic E-state index is 13.1. The zero-order valence-electron chi connectivity index (χ0n) is 9.49. The van der Waals surface area contributed by atoms with Crippen LogP contribution in [0.15, 0.2) is 42.5 Å². The van der Waals surface area contributed by atoms with Crippen LogP contribution < -0.4 is 0 Å². The maximum Gasteiger partial charge on any atom is 0.164 e. The number of Topliss-reactive ketones (excluding diaryl/α,β-unsaturated/α-hetero) is 1. The number of carbonyl (C=O) groups is 1. The van der Waals surface area contributed by atoms with Crippen molar-refractivity contribution in [3.8, 4) is 0 Å². The van der Waals surface area contributed by atoms with E-state index >= 15 is 0 Å². The van der Waals surface area contributed by atoms with Gasteiger partial charge in [-0.2, -0.15) is 0 Å². The third kappa shape index (κ3) is 1.72. The molecule has 2 aromatic rings. The Morgan fingerprint density at radius 1 is 0.944 bits per heavy atom. The Balaban J connectivity index is 2.07. The van der Waals surface area contributed by atoms with Gasteiger partial charge in [-0.15, -0.1) is 0 Å². The zero-order valence-corrected chi connectivity index (χ0v) is 9.49. The van der Waals surface area contributed by atoms with Gasteiger partial charge >= 0.3 is 0 Å². The van der Waals surface area contributed by atoms with Crippen molar-refractivity contribution in [2.45, 2.75) is 12.3 Å². The van der Waals surface area contributed by atoms with E-state index in [1.54, 1.807) is 18.2 Å². The third-order valence-electron chi connectivity index (χ3n) is 3.35. The van der Waals surface area contributed by atoms with Gasteiger partial charge in [0, 0.05) is 17.9 Å². The highest BCUT2D eigenvalue weighted by atomic mass is 19.1. The smallest absolute Gasteiger partial charge is 0.164 e. The van der Waals surface area contributed by atoms with Crippen molar-refractivity contribution >= 4 is 5.78 Å². The Morgan fingerprint density at radius 3 is 2.33 bits per heavy atom. The molecule has 0 saturated heterocycles. The molecule has 3 rings (SSSR count). The molecule has 1 nitrogen and oxygen atoms in total. The quantitative estimate of drug-likeness (QED) is 0.747. The highest BCUT2D eigenvalue weighted by Crippen LogP contribution is 2.38. The third-order valence-corrected chi connectivity index (χ3v) is 3.35. The largest absolute Gasteiger partial charge is 0.294 e. The lowest BCUT2D eigenvalue weighted by molar-refractivity contribution is 0.0991. The molecule has 0 bridgehead atoms. The Hall–Kier alpha value is -2.03. The molecule has 1 aliphatic rings. The number of benzene rings is 2. The van der Waals surface area contributed by atoms with E-state index in [2.05, 4.69) is 0 Å². The molecule has 2 aromatic carbocycles. The molecule has 0 radical (unpaired) electrons. The topological polar surface area (TPSA) is 17.1 Å². The Kier molecular flexibility index (Phi) is 2.47. The van der Waals surface area contributed by atoms with Gasteiger partial charge in [0.25, 0.3) is 0 Å². The molecule has 90 valence electrons. The van der Waals surface area contributed by atoms with Crippen LogP contribution >= 0.6 is 0 Å². The van der Waals surface area contributed by atoms with Crippen molar-refractivity contribution in [1.29, 1.82) is 0 Å². The lowest BCUT2D eigenvalue weighted by Gasteiger charge is -2.10. The average molecular weight is 244 g/mol. The number of rotatable bonds is 1. The second-order valence-electron chi connectivity index (χ2n) is 4.46. The van der Waals surface area contributed by atoms with Gasteiger partial charge in [0.05, 0.1) is 0 Å². The Labute approximate surface area is 103 Å². The van der Waals surface area contributed by atoms with Gasteiger partial charge in [-0.3, -0.25) is 4.79 Å². The van der Waals surface area contributed by atoms with Gasteiger partial charge in [0.15, 0.2) is 5.78 Å². The molecule has 1 atom stereocenters. The molecule has 0 heterocycles. The maximum atomic E-state index is 13.1. The van der Waals surface area contributed by atoms with Crippen LogP contribution in [0.25, 0.3) is 0 Å². The number of fused-ring (bicyclic) bond motifs is 1. The van der Waals surface area contributed by atoms with Crippen molar-refractivity contribution in [1.82, 2.24) is 0 Å². The highest BCUT2D eigenvalue weighted by Gasteiger charge is 2.30. The van der Waals surface area contributed by atoms with Crippen molar-refractivity contribution in [3.05, 3.63) is 70.8 Å². The predicted molar refractivity (Wildman–Crippen MR) is 63.6 cm³/mol. The van der Waals surface area contributed by atoms with Crippen molar-refractivity contribution in [3.63, 3.8) is 0 Å². The number of carbonyl (C=O) groups excluding carboxylic acids is 1. The minimum absolute atomic E-state index is 0.0566. The molecule has 0 amide bonds. The summed E-state index contributed by atoms with van der Waals surface area (Å²) >= 11 is 0. The van der Waals surface area contributed by atoms with Crippen molar-refractivity contribution in [2.24, 2.45) is 0 Å². The SMILES string of the molecule is O=C1C[C@H](c2ccc(F)cc2)c2ccc(F)cc21. The van der Waals surface area contributed by atoms with Gasteiger partial charge in [0.2, 0.25) is 0 Å². The standard InChI is InChI=1S/C15H10F2O/c16-10-3-1-9(2-4-10)13-8-15(18)14-7-11(17)5-6-12(13)14/h1-7,13H,8H2/t13-/m1/s1. The molecule has 0 saturated carbocycles. The molecule has 0 N–H and O–H groups in total. The van der Waals surface area contributed by atoms with Crippen LogP contribution in [0.1, 0.15) is 33.8 Å². The summed E-state index contributed by atoms with van der Waals surface area (Å²) in [5, 5.41) is 0. The molecular formula is C15H10F2O. The van der Waals surface area contributed by atoms with E-state index in [4.69, 9.17) is 0 Å². The summed E-state index contributed by atoms with van der Waals surface area (Å²) in [6.07, 6.45) is 0.324. The number of halogens is 2. The van der Waals surface area contributed by atoms with Gasteiger partial charge in [-0.25, -0.2) is 8.78 Å². The minimum atomic E-state index is -0.401. The Bertz CT molecular complexity index is 617. The predicted octanol–water partition coefficient (Wildman–Crippen LogP) is 3.68. The molecule has 0 unspecified atom stereocenters. The first kappa shape index (κ1) is 11.1. The summed E-state index contributed by atoms with van der Waals surface area (Å²) in [6.45, 7) is 0. The molecule has 1 aliphatic carbocycles. The van der Waals surface area contributed by atoms with E-state index in [1.807, 2.05) is 0 Å². The average Bonchev–Trinajstić information content (AvgIpc) is 2.68. The fourth-order valence-electron chi connectivity index (χ4n) is 2.47. The fraction of sp³-hybridized carbons (Fsp3) is 0.133. The van der Waals surface area contributed by atoms with Crippen molar-refractivity contribution in [2.75, 3.05) is 0 Å². The van der Waals surface area contributed by atoms with Crippen LogP contribution in [0, 0.1) is 11.6 Å². The van der Waals surface area contributed by atoms with Crippen LogP contribution in [0.3, 0.4) is 0 Å². The minimum Gasteiger partial charge on any atom is -0.294 e. The second-order valence-corrected chi connectivity index (χ2v) is 4.46. The summed E-state index contributed by atoms with van der Waals surface area (Å²) in [6, 6.07) is 10.4. The summed E-state index contributed by atoms with van der Waals surface area (Å²) in [7, 11) is 0. The second kappa shape index (κ2) is 4.02. The molecule has 0 spiro atoms. The molecule has 0 aromatic heterocycles. The number of hydrogen-bond donors (Lipinski definition) is 0. The lowest BCUT2D eigenvalue weighted by Crippen LogP contribution is -1.96. The van der Waals surface area contributed by atoms with E-state index in [0.29, 0.717) is 12.0 Å². The molecule has 0 aliphatic heterocycles. The van der Waals surface area contributed by atoms with Crippen molar-refractivity contribution < 1.29 is 13.6 Å². The first-order valence-electron chi connectivity index (χ1n) is 5.73. The van der Waals surface area contributed by atoms with Crippen LogP contribution in [0.4, 0.5) is 8.78 Å². The van der Waals surface area contributed by atoms with Gasteiger partial charge in [-0.1, -0.05) is 18.2 Å². The fourth-order valence-corrected chi connectivity index (χ4v) is 2.47. The van der Waals surface area contributed by atoms with Crippen LogP contribution in [-0.4, -0.2) is 5.78 Å². The first-order chi connectivity index (χ1) is 8.65. The molecular weight excluding hydrogens is 234 g/mol. The zero-order chi connectivity index (χ0) is 12.7. The lowest BCUT2D eigenvalue weighted by atomic mass is 9.93. The summed E-state index contributed by atoms with van der Waals surface area (Å²) in [4.78, 5) is 11.8. The van der Waals surface area contributed by atoms with Crippen LogP contribution in [-0.2, 0) is 0 Å². The Morgan fingerprint density at radius 2 is 1.61 bits per heavy atom. The summed E-state index contributed by atoms with van der Waals surface area (Å²) in [5.41, 5.74) is 2.16. The van der Waals surface area contributed by atoms with Crippen LogP contribution in [0.5, 0.6) is 0 Å². The number of hydrogen-bond acceptors (Lipinski definition) is 1. The normalized spacial score (nSPS) is 17.9. The monoisotopic (exact) mass is 244 g/mol.